The Labute approximate surface area is 116 Å². The van der Waals surface area contributed by atoms with Gasteiger partial charge in [0.15, 0.2) is 5.92 Å². The number of allylic oxidation sites excluding steroid dienone is 1. The fourth-order valence-electron chi connectivity index (χ4n) is 2.03. The van der Waals surface area contributed by atoms with E-state index in [1.807, 2.05) is 19.9 Å². The number of esters is 2. The van der Waals surface area contributed by atoms with Crippen LogP contribution in [0.1, 0.15) is 47.0 Å². The van der Waals surface area contributed by atoms with Gasteiger partial charge in [0.25, 0.3) is 0 Å². The maximum atomic E-state index is 12.0. The predicted molar refractivity (Wildman–Crippen MR) is 74.6 cm³/mol. The van der Waals surface area contributed by atoms with Gasteiger partial charge in [-0.15, -0.1) is 6.58 Å². The molecule has 0 heterocycles. The van der Waals surface area contributed by atoms with Gasteiger partial charge >= 0.3 is 11.9 Å². The van der Waals surface area contributed by atoms with Crippen LogP contribution in [-0.2, 0) is 19.1 Å². The smallest absolute Gasteiger partial charge is 0.320 e. The van der Waals surface area contributed by atoms with Crippen LogP contribution in [0.3, 0.4) is 0 Å². The molecule has 110 valence electrons. The summed E-state index contributed by atoms with van der Waals surface area (Å²) >= 11 is 0. The van der Waals surface area contributed by atoms with Crippen molar-refractivity contribution in [1.29, 1.82) is 0 Å². The van der Waals surface area contributed by atoms with Crippen LogP contribution in [0.4, 0.5) is 0 Å². The number of rotatable bonds is 9. The van der Waals surface area contributed by atoms with Gasteiger partial charge in [-0.1, -0.05) is 19.9 Å². The molecule has 0 fully saturated rings. The van der Waals surface area contributed by atoms with Crippen molar-refractivity contribution in [3.63, 3.8) is 0 Å². The molecule has 0 radical (unpaired) electrons. The summed E-state index contributed by atoms with van der Waals surface area (Å²) in [6.45, 7) is 11.4. The van der Waals surface area contributed by atoms with E-state index >= 15 is 0 Å². The summed E-state index contributed by atoms with van der Waals surface area (Å²) in [5.41, 5.74) is -0.485. The molecule has 0 saturated heterocycles. The Morgan fingerprint density at radius 1 is 1.16 bits per heavy atom. The molecule has 0 N–H and O–H groups in total. The van der Waals surface area contributed by atoms with Gasteiger partial charge in [-0.2, -0.15) is 0 Å². The summed E-state index contributed by atoms with van der Waals surface area (Å²) in [6, 6.07) is 0. The average molecular weight is 270 g/mol. The monoisotopic (exact) mass is 270 g/mol. The van der Waals surface area contributed by atoms with Crippen molar-refractivity contribution in [2.75, 3.05) is 13.2 Å². The molecule has 0 amide bonds. The minimum atomic E-state index is -0.864. The Morgan fingerprint density at radius 3 is 2.00 bits per heavy atom. The molecule has 4 heteroatoms. The molecule has 0 saturated carbocycles. The largest absolute Gasteiger partial charge is 0.465 e. The summed E-state index contributed by atoms with van der Waals surface area (Å²) in [5, 5.41) is 0. The minimum Gasteiger partial charge on any atom is -0.465 e. The lowest BCUT2D eigenvalue weighted by Gasteiger charge is -2.30. The first kappa shape index (κ1) is 17.7. The van der Waals surface area contributed by atoms with Gasteiger partial charge in [0.2, 0.25) is 0 Å². The molecule has 0 aliphatic carbocycles. The summed E-state index contributed by atoms with van der Waals surface area (Å²) in [4.78, 5) is 24.0. The van der Waals surface area contributed by atoms with Gasteiger partial charge in [-0.25, -0.2) is 0 Å². The van der Waals surface area contributed by atoms with E-state index < -0.39 is 23.3 Å². The molecule has 0 unspecified atom stereocenters. The van der Waals surface area contributed by atoms with E-state index in [1.54, 1.807) is 13.8 Å². The molecule has 0 aliphatic heterocycles. The summed E-state index contributed by atoms with van der Waals surface area (Å²) in [5.74, 6) is -1.86. The first-order valence-corrected chi connectivity index (χ1v) is 6.84. The molecule has 0 bridgehead atoms. The Balaban J connectivity index is 4.92. The van der Waals surface area contributed by atoms with Crippen molar-refractivity contribution in [3.05, 3.63) is 12.7 Å². The third kappa shape index (κ3) is 5.90. The van der Waals surface area contributed by atoms with Crippen molar-refractivity contribution < 1.29 is 19.1 Å². The molecule has 4 nitrogen and oxygen atoms in total. The molecule has 0 aliphatic rings. The molecular formula is C15H26O4. The van der Waals surface area contributed by atoms with Gasteiger partial charge in [0.05, 0.1) is 13.2 Å². The molecule has 0 rings (SSSR count). The summed E-state index contributed by atoms with van der Waals surface area (Å²) < 4.78 is 10.0. The molecule has 0 aromatic rings. The SMILES string of the molecule is C=CCCCC(C)(C)C(C(=O)OCC)C(=O)OCC. The second-order valence-electron chi connectivity index (χ2n) is 5.11. The molecule has 19 heavy (non-hydrogen) atoms. The first-order valence-electron chi connectivity index (χ1n) is 6.84. The normalized spacial score (nSPS) is 11.2. The van der Waals surface area contributed by atoms with Gasteiger partial charge in [-0.05, 0) is 38.5 Å². The predicted octanol–water partition coefficient (Wildman–Crippen LogP) is 3.11. The fourth-order valence-corrected chi connectivity index (χ4v) is 2.03. The van der Waals surface area contributed by atoms with E-state index in [0.29, 0.717) is 0 Å². The fraction of sp³-hybridized carbons (Fsp3) is 0.733. The zero-order chi connectivity index (χ0) is 14.9. The Bertz CT molecular complexity index is 289. The van der Waals surface area contributed by atoms with Crippen LogP contribution in [0.2, 0.25) is 0 Å². The number of unbranched alkanes of at least 4 members (excludes halogenated alkanes) is 1. The average Bonchev–Trinajstić information content (AvgIpc) is 2.29. The van der Waals surface area contributed by atoms with E-state index in [2.05, 4.69) is 6.58 Å². The van der Waals surface area contributed by atoms with E-state index in [0.717, 1.165) is 19.3 Å². The highest BCUT2D eigenvalue weighted by atomic mass is 16.6. The topological polar surface area (TPSA) is 52.6 Å². The maximum absolute atomic E-state index is 12.0. The van der Waals surface area contributed by atoms with Crippen molar-refractivity contribution in [3.8, 4) is 0 Å². The Kier molecular flexibility index (Phi) is 8.12. The van der Waals surface area contributed by atoms with Crippen molar-refractivity contribution in [2.45, 2.75) is 47.0 Å². The van der Waals surface area contributed by atoms with Crippen molar-refractivity contribution >= 4 is 11.9 Å². The van der Waals surface area contributed by atoms with Crippen LogP contribution in [0, 0.1) is 11.3 Å². The highest BCUT2D eigenvalue weighted by Gasteiger charge is 2.42. The lowest BCUT2D eigenvalue weighted by Crippen LogP contribution is -2.39. The van der Waals surface area contributed by atoms with Crippen LogP contribution < -0.4 is 0 Å². The maximum Gasteiger partial charge on any atom is 0.320 e. The summed E-state index contributed by atoms with van der Waals surface area (Å²) in [7, 11) is 0. The second-order valence-corrected chi connectivity index (χ2v) is 5.11. The zero-order valence-corrected chi connectivity index (χ0v) is 12.5. The molecular weight excluding hydrogens is 244 g/mol. The molecule has 0 spiro atoms. The number of carbonyl (C=O) groups is 2. The van der Waals surface area contributed by atoms with Crippen LogP contribution in [-0.4, -0.2) is 25.2 Å². The van der Waals surface area contributed by atoms with Gasteiger partial charge in [-0.3, -0.25) is 9.59 Å². The van der Waals surface area contributed by atoms with Crippen LogP contribution in [0.25, 0.3) is 0 Å². The van der Waals surface area contributed by atoms with Gasteiger partial charge in [0, 0.05) is 0 Å². The lowest BCUT2D eigenvalue weighted by atomic mass is 9.75. The zero-order valence-electron chi connectivity index (χ0n) is 12.5. The van der Waals surface area contributed by atoms with Crippen LogP contribution >= 0.6 is 0 Å². The van der Waals surface area contributed by atoms with E-state index in [4.69, 9.17) is 9.47 Å². The minimum absolute atomic E-state index is 0.261. The molecule has 0 atom stereocenters. The van der Waals surface area contributed by atoms with E-state index in [-0.39, 0.29) is 13.2 Å². The van der Waals surface area contributed by atoms with Crippen LogP contribution in [0.15, 0.2) is 12.7 Å². The van der Waals surface area contributed by atoms with Crippen molar-refractivity contribution in [2.24, 2.45) is 11.3 Å². The number of hydrogen-bond donors (Lipinski definition) is 0. The Hall–Kier alpha value is -1.32. The number of ether oxygens (including phenoxy) is 2. The molecule has 0 aromatic heterocycles. The van der Waals surface area contributed by atoms with Gasteiger partial charge in [0.1, 0.15) is 0 Å². The molecule has 0 aromatic carbocycles. The second kappa shape index (κ2) is 8.73. The summed E-state index contributed by atoms with van der Waals surface area (Å²) in [6.07, 6.45) is 4.31. The highest BCUT2D eigenvalue weighted by molar-refractivity contribution is 5.95. The van der Waals surface area contributed by atoms with Gasteiger partial charge < -0.3 is 9.47 Å². The first-order chi connectivity index (χ1) is 8.90. The van der Waals surface area contributed by atoms with Crippen molar-refractivity contribution in [1.82, 2.24) is 0 Å². The third-order valence-corrected chi connectivity index (χ3v) is 3.06. The highest BCUT2D eigenvalue weighted by Crippen LogP contribution is 2.34. The standard InChI is InChI=1S/C15H26O4/c1-6-9-10-11-15(4,5)12(13(16)18-7-2)14(17)19-8-3/h6,12H,1,7-11H2,2-5H3. The Morgan fingerprint density at radius 2 is 1.63 bits per heavy atom. The lowest BCUT2D eigenvalue weighted by molar-refractivity contribution is -0.167. The van der Waals surface area contributed by atoms with E-state index in [1.165, 1.54) is 0 Å². The number of hydrogen-bond acceptors (Lipinski definition) is 4. The quantitative estimate of drug-likeness (QED) is 0.279. The third-order valence-electron chi connectivity index (χ3n) is 3.06. The van der Waals surface area contributed by atoms with E-state index in [9.17, 15) is 9.59 Å². The van der Waals surface area contributed by atoms with Crippen LogP contribution in [0.5, 0.6) is 0 Å². The number of carbonyl (C=O) groups excluding carboxylic acids is 2.